The summed E-state index contributed by atoms with van der Waals surface area (Å²) in [5.41, 5.74) is 1.70. The number of benzene rings is 1. The van der Waals surface area contributed by atoms with Crippen molar-refractivity contribution in [2.24, 2.45) is 0 Å². The Morgan fingerprint density at radius 2 is 2.26 bits per heavy atom. The van der Waals surface area contributed by atoms with Gasteiger partial charge in [-0.05, 0) is 24.6 Å². The molecule has 0 radical (unpaired) electrons. The molecule has 0 amide bonds. The van der Waals surface area contributed by atoms with Crippen molar-refractivity contribution in [1.82, 2.24) is 9.78 Å². The Bertz CT molecular complexity index is 603. The second-order valence-electron chi connectivity index (χ2n) is 4.10. The molecule has 6 heteroatoms. The van der Waals surface area contributed by atoms with E-state index in [2.05, 4.69) is 5.10 Å². The summed E-state index contributed by atoms with van der Waals surface area (Å²) in [5.74, 6) is -0.681. The van der Waals surface area contributed by atoms with E-state index in [0.29, 0.717) is 17.3 Å². The lowest BCUT2D eigenvalue weighted by Crippen LogP contribution is -2.05. The van der Waals surface area contributed by atoms with Crippen molar-refractivity contribution in [3.05, 3.63) is 46.2 Å². The second kappa shape index (κ2) is 5.32. The summed E-state index contributed by atoms with van der Waals surface area (Å²) in [6.07, 6.45) is 1.71. The van der Waals surface area contributed by atoms with Gasteiger partial charge in [-0.15, -0.1) is 0 Å². The molecule has 0 saturated heterocycles. The smallest absolute Gasteiger partial charge is 0.339 e. The SMILES string of the molecule is COc1ccc(Cn2cc(Cl)c(C)n2)cc1C(=O)O. The van der Waals surface area contributed by atoms with Crippen LogP contribution in [0.3, 0.4) is 0 Å². The molecule has 0 aliphatic rings. The third-order valence-corrected chi connectivity index (χ3v) is 3.10. The number of ether oxygens (including phenoxy) is 1. The lowest BCUT2D eigenvalue weighted by atomic mass is 10.1. The molecule has 0 bridgehead atoms. The van der Waals surface area contributed by atoms with Crippen LogP contribution in [0.1, 0.15) is 21.6 Å². The van der Waals surface area contributed by atoms with Crippen molar-refractivity contribution in [1.29, 1.82) is 0 Å². The number of aromatic carboxylic acids is 1. The molecule has 0 saturated carbocycles. The molecular weight excluding hydrogens is 268 g/mol. The van der Waals surface area contributed by atoms with Crippen LogP contribution in [0.25, 0.3) is 0 Å². The summed E-state index contributed by atoms with van der Waals surface area (Å²) in [5, 5.41) is 13.9. The zero-order valence-corrected chi connectivity index (χ0v) is 11.3. The van der Waals surface area contributed by atoms with Crippen LogP contribution >= 0.6 is 11.6 Å². The minimum Gasteiger partial charge on any atom is -0.496 e. The predicted octanol–water partition coefficient (Wildman–Crippen LogP) is 2.60. The first-order chi connectivity index (χ1) is 9.01. The maximum Gasteiger partial charge on any atom is 0.339 e. The number of aryl methyl sites for hydroxylation is 1. The van der Waals surface area contributed by atoms with Gasteiger partial charge >= 0.3 is 5.97 Å². The molecule has 0 spiro atoms. The summed E-state index contributed by atoms with van der Waals surface area (Å²) < 4.78 is 6.68. The molecule has 0 unspecified atom stereocenters. The number of halogens is 1. The Labute approximate surface area is 115 Å². The number of carbonyl (C=O) groups is 1. The number of carboxylic acids is 1. The van der Waals surface area contributed by atoms with Gasteiger partial charge in [0.1, 0.15) is 11.3 Å². The number of methoxy groups -OCH3 is 1. The van der Waals surface area contributed by atoms with Gasteiger partial charge in [-0.2, -0.15) is 5.10 Å². The van der Waals surface area contributed by atoms with Crippen molar-refractivity contribution >= 4 is 17.6 Å². The molecule has 0 fully saturated rings. The highest BCUT2D eigenvalue weighted by Gasteiger charge is 2.12. The Hall–Kier alpha value is -2.01. The van der Waals surface area contributed by atoms with E-state index < -0.39 is 5.97 Å². The highest BCUT2D eigenvalue weighted by atomic mass is 35.5. The Balaban J connectivity index is 2.30. The molecule has 0 aliphatic carbocycles. The molecule has 1 heterocycles. The van der Waals surface area contributed by atoms with Crippen LogP contribution in [0, 0.1) is 6.92 Å². The van der Waals surface area contributed by atoms with Gasteiger partial charge in [0.2, 0.25) is 0 Å². The number of nitrogens with zero attached hydrogens (tertiary/aromatic N) is 2. The predicted molar refractivity (Wildman–Crippen MR) is 71.0 cm³/mol. The summed E-state index contributed by atoms with van der Waals surface area (Å²) in [7, 11) is 1.44. The first-order valence-electron chi connectivity index (χ1n) is 5.61. The number of carboxylic acid groups (broad SMARTS) is 1. The fourth-order valence-electron chi connectivity index (χ4n) is 1.78. The third-order valence-electron chi connectivity index (χ3n) is 2.73. The minimum absolute atomic E-state index is 0.134. The molecule has 5 nitrogen and oxygen atoms in total. The van der Waals surface area contributed by atoms with Gasteiger partial charge in [0, 0.05) is 6.20 Å². The van der Waals surface area contributed by atoms with Crippen LogP contribution in [-0.2, 0) is 6.54 Å². The van der Waals surface area contributed by atoms with Crippen LogP contribution in [0.2, 0.25) is 5.02 Å². The van der Waals surface area contributed by atoms with Crippen molar-refractivity contribution < 1.29 is 14.6 Å². The number of rotatable bonds is 4. The van der Waals surface area contributed by atoms with Crippen LogP contribution in [0.15, 0.2) is 24.4 Å². The molecular formula is C13H13ClN2O3. The van der Waals surface area contributed by atoms with Gasteiger partial charge in [0.25, 0.3) is 0 Å². The van der Waals surface area contributed by atoms with E-state index in [0.717, 1.165) is 11.3 Å². The van der Waals surface area contributed by atoms with E-state index in [9.17, 15) is 4.79 Å². The van der Waals surface area contributed by atoms with Crippen LogP contribution < -0.4 is 4.74 Å². The number of hydrogen-bond donors (Lipinski definition) is 1. The summed E-state index contributed by atoms with van der Waals surface area (Å²) in [6.45, 7) is 2.27. The summed E-state index contributed by atoms with van der Waals surface area (Å²) in [6, 6.07) is 5.01. The highest BCUT2D eigenvalue weighted by molar-refractivity contribution is 6.31. The van der Waals surface area contributed by atoms with Crippen molar-refractivity contribution in [2.45, 2.75) is 13.5 Å². The molecule has 100 valence electrons. The van der Waals surface area contributed by atoms with Gasteiger partial charge in [-0.1, -0.05) is 17.7 Å². The molecule has 1 aromatic heterocycles. The lowest BCUT2D eigenvalue weighted by Gasteiger charge is -2.07. The van der Waals surface area contributed by atoms with E-state index >= 15 is 0 Å². The van der Waals surface area contributed by atoms with Crippen LogP contribution in [0.4, 0.5) is 0 Å². The summed E-state index contributed by atoms with van der Waals surface area (Å²) >= 11 is 5.93. The molecule has 1 aromatic carbocycles. The van der Waals surface area contributed by atoms with Gasteiger partial charge in [-0.3, -0.25) is 4.68 Å². The molecule has 19 heavy (non-hydrogen) atoms. The Morgan fingerprint density at radius 3 is 2.79 bits per heavy atom. The van der Waals surface area contributed by atoms with E-state index in [1.165, 1.54) is 7.11 Å². The largest absolute Gasteiger partial charge is 0.496 e. The fourth-order valence-corrected chi connectivity index (χ4v) is 1.93. The third kappa shape index (κ3) is 2.88. The van der Waals surface area contributed by atoms with Crippen LogP contribution in [0.5, 0.6) is 5.75 Å². The maximum atomic E-state index is 11.1. The van der Waals surface area contributed by atoms with E-state index in [1.807, 2.05) is 6.92 Å². The van der Waals surface area contributed by atoms with Crippen molar-refractivity contribution in [3.8, 4) is 5.75 Å². The zero-order valence-electron chi connectivity index (χ0n) is 10.6. The molecule has 0 aliphatic heterocycles. The first kappa shape index (κ1) is 13.4. The van der Waals surface area contributed by atoms with Gasteiger partial charge < -0.3 is 9.84 Å². The Morgan fingerprint density at radius 1 is 1.53 bits per heavy atom. The first-order valence-corrected chi connectivity index (χ1v) is 5.99. The topological polar surface area (TPSA) is 64.4 Å². The maximum absolute atomic E-state index is 11.1. The van der Waals surface area contributed by atoms with E-state index in [4.69, 9.17) is 21.4 Å². The van der Waals surface area contributed by atoms with Gasteiger partial charge in [0.05, 0.1) is 24.4 Å². The Kier molecular flexibility index (Phi) is 3.76. The lowest BCUT2D eigenvalue weighted by molar-refractivity contribution is 0.0693. The van der Waals surface area contributed by atoms with E-state index in [-0.39, 0.29) is 5.56 Å². The quantitative estimate of drug-likeness (QED) is 0.935. The molecule has 2 rings (SSSR count). The average Bonchev–Trinajstić information content (AvgIpc) is 2.68. The summed E-state index contributed by atoms with van der Waals surface area (Å²) in [4.78, 5) is 11.1. The standard InChI is InChI=1S/C13H13ClN2O3/c1-8-11(14)7-16(15-8)6-9-3-4-12(19-2)10(5-9)13(17)18/h3-5,7H,6H2,1-2H3,(H,17,18). The average molecular weight is 281 g/mol. The molecule has 2 aromatic rings. The zero-order chi connectivity index (χ0) is 14.0. The minimum atomic E-state index is -1.02. The van der Waals surface area contributed by atoms with Crippen molar-refractivity contribution in [2.75, 3.05) is 7.11 Å². The molecule has 1 N–H and O–H groups in total. The fraction of sp³-hybridized carbons (Fsp3) is 0.231. The van der Waals surface area contributed by atoms with Crippen LogP contribution in [-0.4, -0.2) is 28.0 Å². The second-order valence-corrected chi connectivity index (χ2v) is 4.51. The number of aromatic nitrogens is 2. The highest BCUT2D eigenvalue weighted by Crippen LogP contribution is 2.21. The van der Waals surface area contributed by atoms with Gasteiger partial charge in [-0.25, -0.2) is 4.79 Å². The van der Waals surface area contributed by atoms with Crippen molar-refractivity contribution in [3.63, 3.8) is 0 Å². The normalized spacial score (nSPS) is 10.5. The van der Waals surface area contributed by atoms with E-state index in [1.54, 1.807) is 29.1 Å². The monoisotopic (exact) mass is 280 g/mol. The molecule has 0 atom stereocenters. The van der Waals surface area contributed by atoms with Gasteiger partial charge in [0.15, 0.2) is 0 Å². The number of hydrogen-bond acceptors (Lipinski definition) is 3.